The van der Waals surface area contributed by atoms with Gasteiger partial charge in [0.05, 0.1) is 48.9 Å². The topological polar surface area (TPSA) is 116 Å². The van der Waals surface area contributed by atoms with Gasteiger partial charge in [-0.3, -0.25) is 14.9 Å². The molecule has 0 saturated heterocycles. The number of nitro groups is 1. The summed E-state index contributed by atoms with van der Waals surface area (Å²) in [6.07, 6.45) is 1.24. The average Bonchev–Trinajstić information content (AvgIpc) is 3.37. The molecule has 6 rings (SSSR count). The Hall–Kier alpha value is -3.17. The van der Waals surface area contributed by atoms with Crippen molar-refractivity contribution in [2.24, 2.45) is 5.41 Å². The zero-order valence-corrected chi connectivity index (χ0v) is 20.6. The molecule has 2 aromatic carbocycles. The van der Waals surface area contributed by atoms with E-state index in [1.54, 1.807) is 12.1 Å². The third-order valence-corrected chi connectivity index (χ3v) is 9.13. The van der Waals surface area contributed by atoms with Crippen LogP contribution in [0, 0.1) is 15.5 Å². The van der Waals surface area contributed by atoms with Crippen LogP contribution in [0.4, 0.5) is 11.4 Å². The largest absolute Gasteiger partial charge is 0.454 e. The highest BCUT2D eigenvalue weighted by Gasteiger charge is 2.73. The van der Waals surface area contributed by atoms with Crippen molar-refractivity contribution in [3.05, 3.63) is 55.8 Å². The van der Waals surface area contributed by atoms with Crippen LogP contribution in [-0.2, 0) is 15.6 Å². The minimum Gasteiger partial charge on any atom is -0.454 e. The molecule has 35 heavy (non-hydrogen) atoms. The van der Waals surface area contributed by atoms with E-state index in [1.807, 2.05) is 13.8 Å². The summed E-state index contributed by atoms with van der Waals surface area (Å²) in [5.41, 5.74) is 0.140. The van der Waals surface area contributed by atoms with Gasteiger partial charge in [-0.1, -0.05) is 44.0 Å². The number of ether oxygens (including phenoxy) is 2. The number of amides is 1. The maximum atomic E-state index is 14.1. The first-order valence-corrected chi connectivity index (χ1v) is 11.8. The molecule has 0 spiro atoms. The fraction of sp³-hybridized carbons (Fsp3) is 0.375. The first-order chi connectivity index (χ1) is 16.5. The third-order valence-electron chi connectivity index (χ3n) is 8.40. The molecule has 0 radical (unpaired) electrons. The maximum absolute atomic E-state index is 14.1. The van der Waals surface area contributed by atoms with E-state index in [-0.39, 0.29) is 29.8 Å². The minimum atomic E-state index is -1.06. The van der Waals surface area contributed by atoms with E-state index in [9.17, 15) is 14.9 Å². The molecule has 2 bridgehead atoms. The van der Waals surface area contributed by atoms with Crippen molar-refractivity contribution in [2.75, 3.05) is 12.1 Å². The molecule has 180 valence electrons. The fourth-order valence-corrected chi connectivity index (χ4v) is 6.33. The van der Waals surface area contributed by atoms with Crippen LogP contribution in [0.5, 0.6) is 11.5 Å². The molecule has 1 fully saturated rings. The fourth-order valence-electron chi connectivity index (χ4n) is 6.01. The molecule has 1 aromatic heterocycles. The molecular weight excluding hydrogens is 495 g/mol. The van der Waals surface area contributed by atoms with Crippen molar-refractivity contribution in [3.63, 3.8) is 0 Å². The van der Waals surface area contributed by atoms with Crippen molar-refractivity contribution in [1.29, 1.82) is 0 Å². The zero-order chi connectivity index (χ0) is 24.9. The predicted molar refractivity (Wildman–Crippen MR) is 129 cm³/mol. The number of carbonyl (C=O) groups excluding carboxylic acids is 1. The summed E-state index contributed by atoms with van der Waals surface area (Å²) < 4.78 is 10.7. The summed E-state index contributed by atoms with van der Waals surface area (Å²) in [7, 11) is 0. The van der Waals surface area contributed by atoms with Crippen molar-refractivity contribution in [1.82, 2.24) is 9.97 Å². The monoisotopic (exact) mass is 514 g/mol. The van der Waals surface area contributed by atoms with E-state index in [0.717, 1.165) is 5.69 Å². The number of carbonyl (C=O) groups is 1. The maximum Gasteiger partial charge on any atom is 0.296 e. The van der Waals surface area contributed by atoms with Gasteiger partial charge >= 0.3 is 0 Å². The van der Waals surface area contributed by atoms with Crippen molar-refractivity contribution in [2.45, 2.75) is 44.4 Å². The van der Waals surface area contributed by atoms with E-state index < -0.39 is 21.2 Å². The Morgan fingerprint density at radius 2 is 1.60 bits per heavy atom. The van der Waals surface area contributed by atoms with Crippen LogP contribution in [-0.4, -0.2) is 27.6 Å². The standard InChI is InChI=1S/C24H20Cl2N4O5/c1-22(2)23(3)4-5-24(22,20-19(23)27-13-6-11(25)12(26)7-14(13)28-20)21(31)29-15-8-17-18(35-10-34-17)9-16(15)30(32)33/h6-9H,4-5,10H2,1-3H3,(H,29,31). The van der Waals surface area contributed by atoms with Gasteiger partial charge in [0.2, 0.25) is 12.7 Å². The van der Waals surface area contributed by atoms with Gasteiger partial charge in [0.25, 0.3) is 5.69 Å². The van der Waals surface area contributed by atoms with Crippen molar-refractivity contribution in [3.8, 4) is 11.5 Å². The molecule has 2 heterocycles. The molecule has 2 unspecified atom stereocenters. The Bertz CT molecular complexity index is 1490. The zero-order valence-electron chi connectivity index (χ0n) is 19.1. The van der Waals surface area contributed by atoms with Crippen molar-refractivity contribution >= 4 is 51.5 Å². The number of hydrogen-bond acceptors (Lipinski definition) is 7. The van der Waals surface area contributed by atoms with Crippen LogP contribution < -0.4 is 14.8 Å². The van der Waals surface area contributed by atoms with Crippen LogP contribution in [0.15, 0.2) is 24.3 Å². The van der Waals surface area contributed by atoms with E-state index in [1.165, 1.54) is 12.1 Å². The number of halogens is 2. The molecule has 1 saturated carbocycles. The van der Waals surface area contributed by atoms with Crippen molar-refractivity contribution < 1.29 is 19.2 Å². The highest BCUT2D eigenvalue weighted by atomic mass is 35.5. The summed E-state index contributed by atoms with van der Waals surface area (Å²) >= 11 is 12.5. The molecule has 11 heteroatoms. The molecule has 9 nitrogen and oxygen atoms in total. The molecule has 1 amide bonds. The van der Waals surface area contributed by atoms with E-state index in [2.05, 4.69) is 12.2 Å². The van der Waals surface area contributed by atoms with E-state index >= 15 is 0 Å². The SMILES string of the molecule is CC12CCC(C(=O)Nc3cc4c(cc3[N+](=O)[O-])OCO4)(c3nc4cc(Cl)c(Cl)cc4nc31)C2(C)C. The number of nitrogens with one attached hydrogen (secondary N) is 1. The van der Waals surface area contributed by atoms with Gasteiger partial charge in [-0.05, 0) is 30.4 Å². The molecular formula is C24H20Cl2N4O5. The highest BCUT2D eigenvalue weighted by molar-refractivity contribution is 6.42. The molecule has 2 atom stereocenters. The molecule has 1 aliphatic heterocycles. The van der Waals surface area contributed by atoms with Gasteiger partial charge < -0.3 is 14.8 Å². The number of nitrogens with zero attached hydrogens (tertiary/aromatic N) is 3. The lowest BCUT2D eigenvalue weighted by atomic mass is 9.63. The second kappa shape index (κ2) is 6.95. The number of rotatable bonds is 3. The minimum absolute atomic E-state index is 0.0399. The summed E-state index contributed by atoms with van der Waals surface area (Å²) in [5, 5.41) is 15.3. The third kappa shape index (κ3) is 2.68. The smallest absolute Gasteiger partial charge is 0.296 e. The lowest BCUT2D eigenvalue weighted by molar-refractivity contribution is -0.384. The number of nitro benzene ring substituents is 1. The highest BCUT2D eigenvalue weighted by Crippen LogP contribution is 2.70. The van der Waals surface area contributed by atoms with Crippen LogP contribution in [0.1, 0.15) is 45.0 Å². The first kappa shape index (κ1) is 22.3. The Kier molecular flexibility index (Phi) is 4.43. The summed E-state index contributed by atoms with van der Waals surface area (Å²) in [5.74, 6) is 0.226. The Morgan fingerprint density at radius 3 is 2.23 bits per heavy atom. The van der Waals surface area contributed by atoms with Gasteiger partial charge in [0, 0.05) is 11.5 Å². The number of fused-ring (bicyclic) bond motifs is 7. The van der Waals surface area contributed by atoms with Crippen LogP contribution >= 0.6 is 23.2 Å². The normalized spacial score (nSPS) is 25.1. The number of anilines is 1. The van der Waals surface area contributed by atoms with Gasteiger partial charge in [0.1, 0.15) is 5.69 Å². The predicted octanol–water partition coefficient (Wildman–Crippen LogP) is 5.54. The van der Waals surface area contributed by atoms with Crippen LogP contribution in [0.2, 0.25) is 10.0 Å². The lowest BCUT2D eigenvalue weighted by Gasteiger charge is -2.39. The van der Waals surface area contributed by atoms with E-state index in [0.29, 0.717) is 45.4 Å². The Balaban J connectivity index is 1.52. The Morgan fingerprint density at radius 1 is 1.00 bits per heavy atom. The quantitative estimate of drug-likeness (QED) is 0.360. The number of aromatic nitrogens is 2. The van der Waals surface area contributed by atoms with Crippen LogP contribution in [0.25, 0.3) is 11.0 Å². The van der Waals surface area contributed by atoms with Gasteiger partial charge in [0.15, 0.2) is 11.5 Å². The summed E-state index contributed by atoms with van der Waals surface area (Å²) in [6, 6.07) is 6.01. The van der Waals surface area contributed by atoms with Crippen LogP contribution in [0.3, 0.4) is 0 Å². The number of hydrogen-bond donors (Lipinski definition) is 1. The molecule has 1 N–H and O–H groups in total. The molecule has 2 aliphatic carbocycles. The second-order valence-electron chi connectivity index (χ2n) is 9.97. The number of benzene rings is 2. The average molecular weight is 515 g/mol. The van der Waals surface area contributed by atoms with Gasteiger partial charge in [-0.2, -0.15) is 0 Å². The summed E-state index contributed by atoms with van der Waals surface area (Å²) in [6.45, 7) is 6.11. The molecule has 3 aromatic rings. The van der Waals surface area contributed by atoms with Gasteiger partial charge in [-0.25, -0.2) is 9.97 Å². The van der Waals surface area contributed by atoms with Gasteiger partial charge in [-0.15, -0.1) is 0 Å². The summed E-state index contributed by atoms with van der Waals surface area (Å²) in [4.78, 5) is 35.1. The lowest BCUT2D eigenvalue weighted by Crippen LogP contribution is -2.48. The molecule has 3 aliphatic rings. The Labute approximate surface area is 209 Å². The second-order valence-corrected chi connectivity index (χ2v) is 10.8. The first-order valence-electron chi connectivity index (χ1n) is 11.1. The van der Waals surface area contributed by atoms with E-state index in [4.69, 9.17) is 42.6 Å².